The Hall–Kier alpha value is -3.68. The zero-order valence-electron chi connectivity index (χ0n) is 17.6. The standard InChI is InChI=1S/C23H24N4O4/c1-3-25(2)22(29)20-18-9-10-26(21(28)19-14-31-15-24-19)12-17(18)13-27(23(20)30)11-16-7-5-4-6-8-16/h4-8,13-15H,3,9-12H2,1-2H3. The first-order valence-electron chi connectivity index (χ1n) is 10.2. The van der Waals surface area contributed by atoms with Gasteiger partial charge in [0.25, 0.3) is 17.4 Å². The van der Waals surface area contributed by atoms with Crippen molar-refractivity contribution >= 4 is 11.8 Å². The van der Waals surface area contributed by atoms with E-state index in [0.717, 1.165) is 16.7 Å². The molecule has 0 saturated carbocycles. The van der Waals surface area contributed by atoms with E-state index in [4.69, 9.17) is 4.42 Å². The van der Waals surface area contributed by atoms with Crippen molar-refractivity contribution < 1.29 is 14.0 Å². The van der Waals surface area contributed by atoms with Crippen molar-refractivity contribution in [1.82, 2.24) is 19.4 Å². The van der Waals surface area contributed by atoms with Gasteiger partial charge in [-0.2, -0.15) is 0 Å². The molecular weight excluding hydrogens is 396 g/mol. The minimum Gasteiger partial charge on any atom is -0.451 e. The van der Waals surface area contributed by atoms with Crippen LogP contribution in [0.5, 0.6) is 0 Å². The molecule has 31 heavy (non-hydrogen) atoms. The summed E-state index contributed by atoms with van der Waals surface area (Å²) in [6.07, 6.45) is 4.74. The van der Waals surface area contributed by atoms with Crippen molar-refractivity contribution in [3.8, 4) is 0 Å². The van der Waals surface area contributed by atoms with Crippen LogP contribution in [0.2, 0.25) is 0 Å². The van der Waals surface area contributed by atoms with Crippen LogP contribution < -0.4 is 5.56 Å². The minimum absolute atomic E-state index is 0.200. The summed E-state index contributed by atoms with van der Waals surface area (Å²) in [4.78, 5) is 46.3. The topological polar surface area (TPSA) is 88.7 Å². The Balaban J connectivity index is 1.76. The van der Waals surface area contributed by atoms with E-state index in [1.165, 1.54) is 17.6 Å². The summed E-state index contributed by atoms with van der Waals surface area (Å²) in [5, 5.41) is 0. The van der Waals surface area contributed by atoms with Crippen LogP contribution in [0.4, 0.5) is 0 Å². The van der Waals surface area contributed by atoms with Gasteiger partial charge in [0.05, 0.1) is 6.54 Å². The number of rotatable bonds is 5. The molecule has 0 unspecified atom stereocenters. The van der Waals surface area contributed by atoms with Gasteiger partial charge in [0.1, 0.15) is 11.8 Å². The summed E-state index contributed by atoms with van der Waals surface area (Å²) >= 11 is 0. The zero-order chi connectivity index (χ0) is 22.0. The van der Waals surface area contributed by atoms with Gasteiger partial charge in [-0.15, -0.1) is 0 Å². The van der Waals surface area contributed by atoms with Gasteiger partial charge in [-0.3, -0.25) is 14.4 Å². The molecular formula is C23H24N4O4. The van der Waals surface area contributed by atoms with Gasteiger partial charge < -0.3 is 18.8 Å². The third-order valence-electron chi connectivity index (χ3n) is 5.64. The highest BCUT2D eigenvalue weighted by Gasteiger charge is 2.30. The molecule has 160 valence electrons. The third kappa shape index (κ3) is 4.01. The first kappa shape index (κ1) is 20.6. The lowest BCUT2D eigenvalue weighted by Gasteiger charge is -2.30. The molecule has 1 aromatic carbocycles. The highest BCUT2D eigenvalue weighted by Crippen LogP contribution is 2.23. The van der Waals surface area contributed by atoms with Crippen LogP contribution in [0.1, 0.15) is 44.5 Å². The van der Waals surface area contributed by atoms with Crippen LogP contribution in [0.3, 0.4) is 0 Å². The molecule has 8 heteroatoms. The molecule has 0 atom stereocenters. The lowest BCUT2D eigenvalue weighted by molar-refractivity contribution is 0.0727. The van der Waals surface area contributed by atoms with E-state index in [2.05, 4.69) is 4.98 Å². The summed E-state index contributed by atoms with van der Waals surface area (Å²) < 4.78 is 6.50. The number of pyridine rings is 1. The van der Waals surface area contributed by atoms with Gasteiger partial charge in [0, 0.05) is 32.9 Å². The van der Waals surface area contributed by atoms with Crippen molar-refractivity contribution in [2.45, 2.75) is 26.4 Å². The second-order valence-corrected chi connectivity index (χ2v) is 7.60. The van der Waals surface area contributed by atoms with E-state index in [0.29, 0.717) is 32.6 Å². The number of nitrogens with zero attached hydrogens (tertiary/aromatic N) is 4. The van der Waals surface area contributed by atoms with Crippen molar-refractivity contribution in [3.05, 3.63) is 87.5 Å². The van der Waals surface area contributed by atoms with E-state index in [-0.39, 0.29) is 28.6 Å². The van der Waals surface area contributed by atoms with Gasteiger partial charge in [-0.05, 0) is 30.0 Å². The molecule has 3 heterocycles. The highest BCUT2D eigenvalue weighted by molar-refractivity contribution is 5.96. The molecule has 0 saturated heterocycles. The number of amides is 2. The molecule has 1 aliphatic rings. The Bertz CT molecular complexity index is 1150. The van der Waals surface area contributed by atoms with Gasteiger partial charge in [0.15, 0.2) is 12.1 Å². The van der Waals surface area contributed by atoms with Crippen LogP contribution in [0.25, 0.3) is 0 Å². The highest BCUT2D eigenvalue weighted by atomic mass is 16.3. The van der Waals surface area contributed by atoms with Crippen molar-refractivity contribution in [2.75, 3.05) is 20.1 Å². The first-order chi connectivity index (χ1) is 15.0. The van der Waals surface area contributed by atoms with Gasteiger partial charge >= 0.3 is 0 Å². The molecule has 8 nitrogen and oxygen atoms in total. The Labute approximate surface area is 179 Å². The second-order valence-electron chi connectivity index (χ2n) is 7.60. The summed E-state index contributed by atoms with van der Waals surface area (Å²) in [7, 11) is 1.69. The van der Waals surface area contributed by atoms with Crippen LogP contribution in [-0.2, 0) is 19.5 Å². The van der Waals surface area contributed by atoms with E-state index >= 15 is 0 Å². The van der Waals surface area contributed by atoms with Crippen molar-refractivity contribution in [2.24, 2.45) is 0 Å². The van der Waals surface area contributed by atoms with Gasteiger partial charge in [0.2, 0.25) is 0 Å². The van der Waals surface area contributed by atoms with Crippen LogP contribution in [0.15, 0.2) is 58.4 Å². The number of oxazole rings is 1. The number of aromatic nitrogens is 2. The van der Waals surface area contributed by atoms with Crippen molar-refractivity contribution in [1.29, 1.82) is 0 Å². The molecule has 0 radical (unpaired) electrons. The molecule has 4 rings (SSSR count). The lowest BCUT2D eigenvalue weighted by Crippen LogP contribution is -2.42. The van der Waals surface area contributed by atoms with E-state index in [9.17, 15) is 14.4 Å². The molecule has 0 N–H and O–H groups in total. The monoisotopic (exact) mass is 420 g/mol. The lowest BCUT2D eigenvalue weighted by atomic mass is 9.95. The largest absolute Gasteiger partial charge is 0.451 e. The molecule has 2 aromatic heterocycles. The smallest absolute Gasteiger partial charge is 0.276 e. The second kappa shape index (κ2) is 8.59. The average molecular weight is 420 g/mol. The Morgan fingerprint density at radius 2 is 2.00 bits per heavy atom. The number of carbonyl (C=O) groups excluding carboxylic acids is 2. The summed E-state index contributed by atoms with van der Waals surface area (Å²) in [6.45, 7) is 3.41. The predicted octanol–water partition coefficient (Wildman–Crippen LogP) is 2.17. The predicted molar refractivity (Wildman–Crippen MR) is 114 cm³/mol. The average Bonchev–Trinajstić information content (AvgIpc) is 3.33. The molecule has 0 bridgehead atoms. The fraction of sp³-hybridized carbons (Fsp3) is 0.304. The number of fused-ring (bicyclic) bond motifs is 1. The Morgan fingerprint density at radius 1 is 1.23 bits per heavy atom. The SMILES string of the molecule is CCN(C)C(=O)c1c2c(cn(Cc3ccccc3)c1=O)CN(C(=O)c1cocn1)CC2. The summed E-state index contributed by atoms with van der Waals surface area (Å²) in [5.74, 6) is -0.527. The van der Waals surface area contributed by atoms with Gasteiger partial charge in [-0.1, -0.05) is 30.3 Å². The molecule has 3 aromatic rings. The maximum absolute atomic E-state index is 13.3. The third-order valence-corrected chi connectivity index (χ3v) is 5.64. The number of benzene rings is 1. The van der Waals surface area contributed by atoms with Crippen LogP contribution >= 0.6 is 0 Å². The van der Waals surface area contributed by atoms with Crippen LogP contribution in [0, 0.1) is 0 Å². The minimum atomic E-state index is -0.302. The van der Waals surface area contributed by atoms with E-state index in [1.54, 1.807) is 22.7 Å². The summed E-state index contributed by atoms with van der Waals surface area (Å²) in [6, 6.07) is 9.61. The normalized spacial score (nSPS) is 13.0. The molecule has 0 spiro atoms. The maximum Gasteiger partial charge on any atom is 0.276 e. The summed E-state index contributed by atoms with van der Waals surface area (Å²) in [5.41, 5.74) is 2.62. The quantitative estimate of drug-likeness (QED) is 0.631. The van der Waals surface area contributed by atoms with Crippen LogP contribution in [-0.4, -0.2) is 51.3 Å². The van der Waals surface area contributed by atoms with Crippen molar-refractivity contribution in [3.63, 3.8) is 0 Å². The van der Waals surface area contributed by atoms with Gasteiger partial charge in [-0.25, -0.2) is 4.98 Å². The molecule has 1 aliphatic heterocycles. The maximum atomic E-state index is 13.3. The zero-order valence-corrected chi connectivity index (χ0v) is 17.6. The fourth-order valence-corrected chi connectivity index (χ4v) is 3.82. The Morgan fingerprint density at radius 3 is 2.68 bits per heavy atom. The van der Waals surface area contributed by atoms with E-state index < -0.39 is 0 Å². The fourth-order valence-electron chi connectivity index (χ4n) is 3.82. The Kier molecular flexibility index (Phi) is 5.70. The molecule has 0 fully saturated rings. The first-order valence-corrected chi connectivity index (χ1v) is 10.2. The molecule has 0 aliphatic carbocycles. The molecule has 2 amide bonds. The van der Waals surface area contributed by atoms with E-state index in [1.807, 2.05) is 37.3 Å². The number of carbonyl (C=O) groups is 2. The number of hydrogen-bond acceptors (Lipinski definition) is 5. The number of hydrogen-bond donors (Lipinski definition) is 0.